The zero-order chi connectivity index (χ0) is 9.97. The van der Waals surface area contributed by atoms with Gasteiger partial charge < -0.3 is 4.43 Å². The van der Waals surface area contributed by atoms with E-state index in [-0.39, 0.29) is 0 Å². The fraction of sp³-hybridized carbons (Fsp3) is 0.455. The van der Waals surface area contributed by atoms with Crippen LogP contribution < -0.4 is 5.19 Å². The molecule has 0 saturated carbocycles. The Morgan fingerprint density at radius 1 is 1.36 bits per heavy atom. The van der Waals surface area contributed by atoms with E-state index in [9.17, 15) is 0 Å². The molecule has 1 fully saturated rings. The number of hydrogen-bond acceptors (Lipinski definition) is 1. The van der Waals surface area contributed by atoms with Gasteiger partial charge in [-0.15, -0.1) is 0 Å². The maximum atomic E-state index is 6.27. The lowest BCUT2D eigenvalue weighted by atomic mass is 10.2. The third-order valence-corrected chi connectivity index (χ3v) is 5.60. The summed E-state index contributed by atoms with van der Waals surface area (Å²) in [4.78, 5) is 0. The maximum Gasteiger partial charge on any atom is 0.248 e. The van der Waals surface area contributed by atoms with Crippen LogP contribution in [0.4, 0.5) is 0 Å². The lowest BCUT2D eigenvalue weighted by Crippen LogP contribution is -2.37. The Kier molecular flexibility index (Phi) is 3.26. The molecular weight excluding hydrogens is 212 g/mol. The molecule has 0 unspecified atom stereocenters. The second-order valence-corrected chi connectivity index (χ2v) is 6.22. The third-order valence-electron chi connectivity index (χ3n) is 2.57. The highest BCUT2D eigenvalue weighted by Crippen LogP contribution is 2.17. The van der Waals surface area contributed by atoms with Crippen LogP contribution in [0, 0.1) is 6.92 Å². The molecule has 1 aromatic rings. The van der Waals surface area contributed by atoms with E-state index in [0.29, 0.717) is 0 Å². The predicted octanol–water partition coefficient (Wildman–Crippen LogP) is 2.66. The summed E-state index contributed by atoms with van der Waals surface area (Å²) in [5.74, 6) is 0. The number of halogens is 1. The Morgan fingerprint density at radius 2 is 2.21 bits per heavy atom. The van der Waals surface area contributed by atoms with Crippen molar-refractivity contribution in [1.82, 2.24) is 0 Å². The van der Waals surface area contributed by atoms with E-state index in [1.54, 1.807) is 0 Å². The SMILES string of the molecule is Cc1cccc([Si]2CCCCO2)c1Cl. The van der Waals surface area contributed by atoms with E-state index in [2.05, 4.69) is 25.1 Å². The third kappa shape index (κ3) is 2.02. The van der Waals surface area contributed by atoms with Gasteiger partial charge in [0.15, 0.2) is 0 Å². The van der Waals surface area contributed by atoms with Gasteiger partial charge in [0, 0.05) is 11.6 Å². The molecule has 1 aromatic carbocycles. The van der Waals surface area contributed by atoms with Crippen LogP contribution in [-0.2, 0) is 4.43 Å². The molecule has 0 aliphatic carbocycles. The van der Waals surface area contributed by atoms with Gasteiger partial charge in [0.05, 0.1) is 0 Å². The summed E-state index contributed by atoms with van der Waals surface area (Å²) in [6.07, 6.45) is 2.50. The summed E-state index contributed by atoms with van der Waals surface area (Å²) in [6.45, 7) is 2.97. The number of rotatable bonds is 1. The van der Waals surface area contributed by atoms with Crippen LogP contribution in [-0.4, -0.2) is 15.6 Å². The predicted molar refractivity (Wildman–Crippen MR) is 61.6 cm³/mol. The molecule has 0 spiro atoms. The second kappa shape index (κ2) is 4.47. The smallest absolute Gasteiger partial charge is 0.248 e. The van der Waals surface area contributed by atoms with E-state index >= 15 is 0 Å². The van der Waals surface area contributed by atoms with E-state index in [1.807, 2.05) is 0 Å². The highest BCUT2D eigenvalue weighted by atomic mass is 35.5. The molecule has 1 aliphatic heterocycles. The molecule has 2 rings (SSSR count). The fourth-order valence-electron chi connectivity index (χ4n) is 1.73. The standard InChI is InChI=1S/C11H14ClOSi/c1-9-5-4-6-10(11(9)12)14-8-3-2-7-13-14/h4-6H,2-3,7-8H2,1H3. The first-order chi connectivity index (χ1) is 6.79. The molecule has 14 heavy (non-hydrogen) atoms. The van der Waals surface area contributed by atoms with Crippen molar-refractivity contribution in [2.24, 2.45) is 0 Å². The van der Waals surface area contributed by atoms with Gasteiger partial charge in [-0.1, -0.05) is 36.2 Å². The number of hydrogen-bond donors (Lipinski definition) is 0. The van der Waals surface area contributed by atoms with Crippen molar-refractivity contribution in [2.45, 2.75) is 25.8 Å². The van der Waals surface area contributed by atoms with Crippen molar-refractivity contribution >= 4 is 25.8 Å². The highest BCUT2D eigenvalue weighted by Gasteiger charge is 2.22. The first-order valence-electron chi connectivity index (χ1n) is 5.03. The average Bonchev–Trinajstić information content (AvgIpc) is 2.23. The van der Waals surface area contributed by atoms with Crippen LogP contribution >= 0.6 is 11.6 Å². The van der Waals surface area contributed by atoms with Crippen molar-refractivity contribution in [3.63, 3.8) is 0 Å². The first kappa shape index (κ1) is 10.2. The molecule has 3 heteroatoms. The number of aryl methyl sites for hydroxylation is 1. The van der Waals surface area contributed by atoms with E-state index < -0.39 is 9.04 Å². The van der Waals surface area contributed by atoms with Crippen LogP contribution in [0.3, 0.4) is 0 Å². The maximum absolute atomic E-state index is 6.27. The molecule has 75 valence electrons. The summed E-state index contributed by atoms with van der Waals surface area (Å²) < 4.78 is 5.82. The molecule has 1 radical (unpaired) electrons. The van der Waals surface area contributed by atoms with Crippen molar-refractivity contribution < 1.29 is 4.43 Å². The van der Waals surface area contributed by atoms with Gasteiger partial charge in [-0.25, -0.2) is 0 Å². The lowest BCUT2D eigenvalue weighted by Gasteiger charge is -2.21. The monoisotopic (exact) mass is 225 g/mol. The van der Waals surface area contributed by atoms with Crippen LogP contribution in [0.2, 0.25) is 11.1 Å². The van der Waals surface area contributed by atoms with Crippen LogP contribution in [0.15, 0.2) is 18.2 Å². The molecule has 0 atom stereocenters. The topological polar surface area (TPSA) is 9.23 Å². The molecule has 1 saturated heterocycles. The van der Waals surface area contributed by atoms with E-state index in [1.165, 1.54) is 24.1 Å². The molecular formula is C11H14ClOSi. The van der Waals surface area contributed by atoms with Crippen molar-refractivity contribution in [2.75, 3.05) is 6.61 Å². The molecule has 1 nitrogen and oxygen atoms in total. The minimum Gasteiger partial charge on any atom is -0.412 e. The molecule has 0 amide bonds. The highest BCUT2D eigenvalue weighted by molar-refractivity contribution is 6.70. The molecule has 0 N–H and O–H groups in total. The summed E-state index contributed by atoms with van der Waals surface area (Å²) in [6, 6.07) is 7.45. The van der Waals surface area contributed by atoms with Gasteiger partial charge in [0.1, 0.15) is 0 Å². The first-order valence-corrected chi connectivity index (χ1v) is 7.02. The van der Waals surface area contributed by atoms with E-state index in [4.69, 9.17) is 16.0 Å². The average molecular weight is 226 g/mol. The lowest BCUT2D eigenvalue weighted by molar-refractivity contribution is 0.294. The molecule has 1 aliphatic rings. The summed E-state index contributed by atoms with van der Waals surface area (Å²) in [5, 5.41) is 2.18. The van der Waals surface area contributed by atoms with Crippen LogP contribution in [0.1, 0.15) is 18.4 Å². The van der Waals surface area contributed by atoms with E-state index in [0.717, 1.165) is 17.2 Å². The van der Waals surface area contributed by atoms with Gasteiger partial charge in [-0.3, -0.25) is 0 Å². The Bertz CT molecular complexity index is 321. The zero-order valence-corrected chi connectivity index (χ0v) is 10.1. The molecule has 0 aromatic heterocycles. The molecule has 0 bridgehead atoms. The quantitative estimate of drug-likeness (QED) is 0.668. The minimum absolute atomic E-state index is 0.810. The summed E-state index contributed by atoms with van der Waals surface area (Å²) in [7, 11) is -0.810. The normalized spacial score (nSPS) is 18.4. The van der Waals surface area contributed by atoms with Gasteiger partial charge >= 0.3 is 0 Å². The second-order valence-electron chi connectivity index (χ2n) is 3.67. The Hall–Kier alpha value is -0.313. The largest absolute Gasteiger partial charge is 0.412 e. The summed E-state index contributed by atoms with van der Waals surface area (Å²) >= 11 is 6.27. The molecule has 1 heterocycles. The number of benzene rings is 1. The van der Waals surface area contributed by atoms with Gasteiger partial charge in [0.25, 0.3) is 0 Å². The minimum atomic E-state index is -0.810. The Balaban J connectivity index is 2.26. The van der Waals surface area contributed by atoms with Crippen LogP contribution in [0.5, 0.6) is 0 Å². The van der Waals surface area contributed by atoms with Crippen molar-refractivity contribution in [3.8, 4) is 0 Å². The van der Waals surface area contributed by atoms with Crippen molar-refractivity contribution in [1.29, 1.82) is 0 Å². The van der Waals surface area contributed by atoms with Gasteiger partial charge in [0.2, 0.25) is 9.04 Å². The van der Waals surface area contributed by atoms with Crippen LogP contribution in [0.25, 0.3) is 0 Å². The zero-order valence-electron chi connectivity index (χ0n) is 8.35. The van der Waals surface area contributed by atoms with Crippen molar-refractivity contribution in [3.05, 3.63) is 28.8 Å². The fourth-order valence-corrected chi connectivity index (χ4v) is 4.43. The van der Waals surface area contributed by atoms with Gasteiger partial charge in [-0.05, 0) is 30.1 Å². The summed E-state index contributed by atoms with van der Waals surface area (Å²) in [5.41, 5.74) is 1.16. The Labute approximate surface area is 91.8 Å². The van der Waals surface area contributed by atoms with Gasteiger partial charge in [-0.2, -0.15) is 0 Å². The Morgan fingerprint density at radius 3 is 2.93 bits per heavy atom.